The lowest BCUT2D eigenvalue weighted by atomic mass is 10.2. The van der Waals surface area contributed by atoms with Crippen molar-refractivity contribution in [2.45, 2.75) is 33.4 Å². The molecule has 0 saturated carbocycles. The molecule has 2 aromatic rings. The number of nitrogens with zero attached hydrogens (tertiary/aromatic N) is 3. The summed E-state index contributed by atoms with van der Waals surface area (Å²) in [7, 11) is 0. The summed E-state index contributed by atoms with van der Waals surface area (Å²) in [5.74, 6) is -0.228. The van der Waals surface area contributed by atoms with Crippen LogP contribution in [0.15, 0.2) is 12.4 Å². The van der Waals surface area contributed by atoms with E-state index in [0.29, 0.717) is 23.6 Å². The number of aromatic amines is 1. The molecule has 1 atom stereocenters. The van der Waals surface area contributed by atoms with Crippen LogP contribution in [0.1, 0.15) is 41.6 Å². The van der Waals surface area contributed by atoms with Crippen LogP contribution >= 0.6 is 0 Å². The zero-order chi connectivity index (χ0) is 14.0. The molecule has 7 heteroatoms. The van der Waals surface area contributed by atoms with E-state index in [1.807, 2.05) is 13.8 Å². The van der Waals surface area contributed by atoms with Gasteiger partial charge in [-0.25, -0.2) is 0 Å². The number of hydrogen-bond donors (Lipinski definition) is 3. The summed E-state index contributed by atoms with van der Waals surface area (Å²) in [6.07, 6.45) is 3.42. The minimum absolute atomic E-state index is 0.147. The van der Waals surface area contributed by atoms with Crippen molar-refractivity contribution >= 4 is 11.6 Å². The van der Waals surface area contributed by atoms with Crippen molar-refractivity contribution in [3.05, 3.63) is 29.3 Å². The lowest BCUT2D eigenvalue weighted by Crippen LogP contribution is -2.29. The maximum atomic E-state index is 12.3. The van der Waals surface area contributed by atoms with Crippen molar-refractivity contribution in [3.8, 4) is 0 Å². The average molecular weight is 262 g/mol. The molecule has 102 valence electrons. The monoisotopic (exact) mass is 262 g/mol. The maximum Gasteiger partial charge on any atom is 0.272 e. The topological polar surface area (TPSA) is 102 Å². The van der Waals surface area contributed by atoms with Gasteiger partial charge < -0.3 is 11.1 Å². The molecule has 0 fully saturated rings. The van der Waals surface area contributed by atoms with Crippen molar-refractivity contribution in [1.29, 1.82) is 0 Å². The van der Waals surface area contributed by atoms with Crippen molar-refractivity contribution in [1.82, 2.24) is 25.3 Å². The number of carbonyl (C=O) groups is 1. The fraction of sp³-hybridized carbons (Fsp3) is 0.417. The second kappa shape index (κ2) is 5.13. The van der Waals surface area contributed by atoms with Crippen LogP contribution in [0.5, 0.6) is 0 Å². The molecule has 1 unspecified atom stereocenters. The average Bonchev–Trinajstić information content (AvgIpc) is 2.98. The highest BCUT2D eigenvalue weighted by atomic mass is 16.2. The fourth-order valence-corrected chi connectivity index (χ4v) is 1.91. The van der Waals surface area contributed by atoms with Crippen LogP contribution in [-0.2, 0) is 6.54 Å². The predicted octanol–water partition coefficient (Wildman–Crippen LogP) is 1.01. The summed E-state index contributed by atoms with van der Waals surface area (Å²) in [5.41, 5.74) is 8.33. The molecule has 0 aliphatic heterocycles. The Morgan fingerprint density at radius 1 is 1.63 bits per heavy atom. The van der Waals surface area contributed by atoms with Crippen molar-refractivity contribution in [2.75, 3.05) is 5.73 Å². The van der Waals surface area contributed by atoms with Gasteiger partial charge in [0, 0.05) is 18.3 Å². The molecular formula is C12H18N6O. The van der Waals surface area contributed by atoms with Crippen LogP contribution in [0.4, 0.5) is 5.69 Å². The molecule has 0 aromatic carbocycles. The Balaban J connectivity index is 2.21. The second-order valence-electron chi connectivity index (χ2n) is 4.39. The zero-order valence-corrected chi connectivity index (χ0v) is 11.3. The molecule has 2 rings (SSSR count). The first kappa shape index (κ1) is 13.1. The molecule has 19 heavy (non-hydrogen) atoms. The lowest BCUT2D eigenvalue weighted by Gasteiger charge is -2.13. The van der Waals surface area contributed by atoms with E-state index in [1.54, 1.807) is 24.0 Å². The largest absolute Gasteiger partial charge is 0.395 e. The number of carbonyl (C=O) groups excluding carboxylic acids is 1. The smallest absolute Gasteiger partial charge is 0.272 e. The van der Waals surface area contributed by atoms with Crippen molar-refractivity contribution in [2.24, 2.45) is 0 Å². The fourth-order valence-electron chi connectivity index (χ4n) is 1.91. The zero-order valence-electron chi connectivity index (χ0n) is 11.3. The van der Waals surface area contributed by atoms with Gasteiger partial charge in [0.1, 0.15) is 5.69 Å². The number of anilines is 1. The molecule has 2 aromatic heterocycles. The summed E-state index contributed by atoms with van der Waals surface area (Å²) < 4.78 is 1.61. The van der Waals surface area contributed by atoms with Gasteiger partial charge in [-0.3, -0.25) is 14.6 Å². The van der Waals surface area contributed by atoms with Crippen LogP contribution in [-0.4, -0.2) is 25.9 Å². The Labute approximate surface area is 111 Å². The molecule has 4 N–H and O–H groups in total. The SMILES string of the molecule is CCn1nc(C)c(N)c1C(=O)NC(C)c1cn[nH]c1. The summed E-state index contributed by atoms with van der Waals surface area (Å²) in [4.78, 5) is 12.3. The number of nitrogens with one attached hydrogen (secondary N) is 2. The van der Waals surface area contributed by atoms with Crippen LogP contribution < -0.4 is 11.1 Å². The van der Waals surface area contributed by atoms with Gasteiger partial charge in [0.15, 0.2) is 0 Å². The van der Waals surface area contributed by atoms with Gasteiger partial charge in [-0.15, -0.1) is 0 Å². The van der Waals surface area contributed by atoms with Gasteiger partial charge in [-0.2, -0.15) is 10.2 Å². The van der Waals surface area contributed by atoms with Crippen LogP contribution in [0.25, 0.3) is 0 Å². The Morgan fingerprint density at radius 3 is 2.95 bits per heavy atom. The summed E-state index contributed by atoms with van der Waals surface area (Å²) in [6.45, 7) is 6.19. The number of aromatic nitrogens is 4. The number of nitrogen functional groups attached to an aromatic ring is 1. The Morgan fingerprint density at radius 2 is 2.37 bits per heavy atom. The molecule has 1 amide bonds. The summed E-state index contributed by atoms with van der Waals surface area (Å²) >= 11 is 0. The van der Waals surface area contributed by atoms with Gasteiger partial charge >= 0.3 is 0 Å². The van der Waals surface area contributed by atoms with Crippen molar-refractivity contribution < 1.29 is 4.79 Å². The molecule has 0 saturated heterocycles. The highest BCUT2D eigenvalue weighted by molar-refractivity contribution is 5.98. The van der Waals surface area contributed by atoms with E-state index < -0.39 is 0 Å². The minimum Gasteiger partial charge on any atom is -0.395 e. The van der Waals surface area contributed by atoms with E-state index in [9.17, 15) is 4.79 Å². The standard InChI is InChI=1S/C12H18N6O/c1-4-18-11(10(13)8(3)17-18)12(19)16-7(2)9-5-14-15-6-9/h5-7H,4,13H2,1-3H3,(H,14,15)(H,16,19). The quantitative estimate of drug-likeness (QED) is 0.765. The third kappa shape index (κ3) is 2.44. The Hall–Kier alpha value is -2.31. The van der Waals surface area contributed by atoms with Crippen LogP contribution in [0.2, 0.25) is 0 Å². The van der Waals surface area contributed by atoms with Crippen LogP contribution in [0.3, 0.4) is 0 Å². The van der Waals surface area contributed by atoms with E-state index >= 15 is 0 Å². The number of H-pyrrole nitrogens is 1. The molecule has 2 heterocycles. The van der Waals surface area contributed by atoms with Crippen LogP contribution in [0, 0.1) is 6.92 Å². The third-order valence-electron chi connectivity index (χ3n) is 3.06. The molecule has 0 bridgehead atoms. The maximum absolute atomic E-state index is 12.3. The molecule has 0 aliphatic rings. The van der Waals surface area contributed by atoms with Gasteiger partial charge in [0.25, 0.3) is 5.91 Å². The molecular weight excluding hydrogens is 244 g/mol. The first-order chi connectivity index (χ1) is 9.04. The van der Waals surface area contributed by atoms with E-state index in [-0.39, 0.29) is 11.9 Å². The van der Waals surface area contributed by atoms with E-state index in [1.165, 1.54) is 0 Å². The number of nitrogens with two attached hydrogens (primary N) is 1. The highest BCUT2D eigenvalue weighted by Gasteiger charge is 2.21. The van der Waals surface area contributed by atoms with Gasteiger partial charge in [0.05, 0.1) is 23.6 Å². The molecule has 0 spiro atoms. The molecule has 0 aliphatic carbocycles. The normalized spacial score (nSPS) is 12.4. The van der Waals surface area contributed by atoms with Crippen molar-refractivity contribution in [3.63, 3.8) is 0 Å². The van der Waals surface area contributed by atoms with E-state index in [0.717, 1.165) is 5.56 Å². The predicted molar refractivity (Wildman–Crippen MR) is 71.5 cm³/mol. The number of amides is 1. The lowest BCUT2D eigenvalue weighted by molar-refractivity contribution is 0.0930. The highest BCUT2D eigenvalue weighted by Crippen LogP contribution is 2.18. The second-order valence-corrected chi connectivity index (χ2v) is 4.39. The molecule has 7 nitrogen and oxygen atoms in total. The molecule has 0 radical (unpaired) electrons. The number of aryl methyl sites for hydroxylation is 2. The van der Waals surface area contributed by atoms with Gasteiger partial charge in [-0.1, -0.05) is 0 Å². The number of hydrogen-bond acceptors (Lipinski definition) is 4. The Kier molecular flexibility index (Phi) is 3.55. The third-order valence-corrected chi connectivity index (χ3v) is 3.06. The first-order valence-electron chi connectivity index (χ1n) is 6.17. The summed E-state index contributed by atoms with van der Waals surface area (Å²) in [6, 6.07) is -0.147. The minimum atomic E-state index is -0.228. The number of rotatable bonds is 4. The Bertz CT molecular complexity index is 571. The van der Waals surface area contributed by atoms with E-state index in [2.05, 4.69) is 20.6 Å². The van der Waals surface area contributed by atoms with E-state index in [4.69, 9.17) is 5.73 Å². The first-order valence-corrected chi connectivity index (χ1v) is 6.17. The summed E-state index contributed by atoms with van der Waals surface area (Å²) in [5, 5.41) is 13.7. The van der Waals surface area contributed by atoms with Gasteiger partial charge in [-0.05, 0) is 20.8 Å². The van der Waals surface area contributed by atoms with Gasteiger partial charge in [0.2, 0.25) is 0 Å².